The highest BCUT2D eigenvalue weighted by atomic mass is 35.5. The van der Waals surface area contributed by atoms with Crippen molar-refractivity contribution in [3.8, 4) is 0 Å². The van der Waals surface area contributed by atoms with Crippen LogP contribution >= 0.6 is 22.9 Å². The molecule has 1 saturated heterocycles. The van der Waals surface area contributed by atoms with Crippen molar-refractivity contribution in [3.05, 3.63) is 58.6 Å². The van der Waals surface area contributed by atoms with E-state index in [1.165, 1.54) is 11.3 Å². The molecule has 142 valence electrons. The van der Waals surface area contributed by atoms with Crippen LogP contribution in [0, 0.1) is 0 Å². The van der Waals surface area contributed by atoms with Gasteiger partial charge in [0.1, 0.15) is 4.21 Å². The van der Waals surface area contributed by atoms with E-state index in [1.54, 1.807) is 23.7 Å². The number of likely N-dealkylation sites (tertiary alicyclic amines) is 1. The molecule has 0 aliphatic carbocycles. The summed E-state index contributed by atoms with van der Waals surface area (Å²) in [7, 11) is -3.40. The Kier molecular flexibility index (Phi) is 5.48. The molecule has 2 aromatic heterocycles. The maximum absolute atomic E-state index is 12.4. The molecule has 4 rings (SSSR count). The summed E-state index contributed by atoms with van der Waals surface area (Å²) in [5.41, 5.74) is 2.08. The quantitative estimate of drug-likeness (QED) is 0.678. The third-order valence-electron chi connectivity index (χ3n) is 4.86. The number of thiophene rings is 1. The van der Waals surface area contributed by atoms with E-state index in [0.29, 0.717) is 9.23 Å². The van der Waals surface area contributed by atoms with Gasteiger partial charge in [0.05, 0.1) is 5.52 Å². The molecule has 0 radical (unpaired) electrons. The minimum atomic E-state index is -3.40. The van der Waals surface area contributed by atoms with E-state index in [0.717, 1.165) is 48.9 Å². The van der Waals surface area contributed by atoms with E-state index < -0.39 is 10.0 Å². The maximum atomic E-state index is 12.4. The highest BCUT2D eigenvalue weighted by Gasteiger charge is 2.25. The molecule has 1 N–H and O–H groups in total. The first-order chi connectivity index (χ1) is 13.0. The molecule has 1 aliphatic heterocycles. The smallest absolute Gasteiger partial charge is 0.250 e. The third-order valence-corrected chi connectivity index (χ3v) is 8.11. The van der Waals surface area contributed by atoms with Gasteiger partial charge in [-0.1, -0.05) is 23.7 Å². The number of nitrogens with zero attached hydrogens (tertiary/aromatic N) is 2. The van der Waals surface area contributed by atoms with E-state index in [4.69, 9.17) is 11.6 Å². The normalized spacial score (nSPS) is 16.8. The largest absolute Gasteiger partial charge is 0.299 e. The van der Waals surface area contributed by atoms with Crippen LogP contribution in [0.25, 0.3) is 10.9 Å². The first-order valence-corrected chi connectivity index (χ1v) is 11.6. The van der Waals surface area contributed by atoms with Crippen LogP contribution in [-0.2, 0) is 16.6 Å². The average Bonchev–Trinajstić information content (AvgIpc) is 3.21. The topological polar surface area (TPSA) is 62.3 Å². The lowest BCUT2D eigenvalue weighted by atomic mass is 10.0. The molecule has 3 aromatic rings. The van der Waals surface area contributed by atoms with Crippen LogP contribution in [0.15, 0.2) is 52.2 Å². The molecule has 0 amide bonds. The molecule has 0 saturated carbocycles. The van der Waals surface area contributed by atoms with Crippen LogP contribution in [0.1, 0.15) is 18.4 Å². The Morgan fingerprint density at radius 2 is 2.00 bits per heavy atom. The molecule has 0 spiro atoms. The third kappa shape index (κ3) is 4.17. The zero-order chi connectivity index (χ0) is 18.9. The summed E-state index contributed by atoms with van der Waals surface area (Å²) >= 11 is 7.52. The summed E-state index contributed by atoms with van der Waals surface area (Å²) in [6.45, 7) is 2.47. The van der Waals surface area contributed by atoms with E-state index in [9.17, 15) is 8.42 Å². The van der Waals surface area contributed by atoms with Crippen LogP contribution in [0.3, 0.4) is 0 Å². The number of rotatable bonds is 5. The van der Waals surface area contributed by atoms with Gasteiger partial charge in [-0.3, -0.25) is 9.88 Å². The summed E-state index contributed by atoms with van der Waals surface area (Å²) < 4.78 is 28.0. The van der Waals surface area contributed by atoms with Crippen molar-refractivity contribution in [2.75, 3.05) is 13.1 Å². The summed E-state index contributed by atoms with van der Waals surface area (Å²) in [6, 6.07) is 11.2. The Bertz CT molecular complexity index is 1030. The molecule has 0 bridgehead atoms. The minimum absolute atomic E-state index is 0.0200. The Morgan fingerprint density at radius 1 is 1.19 bits per heavy atom. The second kappa shape index (κ2) is 7.85. The second-order valence-electron chi connectivity index (χ2n) is 6.71. The van der Waals surface area contributed by atoms with Gasteiger partial charge in [0, 0.05) is 42.3 Å². The number of hydrogen-bond acceptors (Lipinski definition) is 5. The molecule has 1 fully saturated rings. The molecular formula is C19H20ClN3O2S2. The van der Waals surface area contributed by atoms with Crippen molar-refractivity contribution in [1.82, 2.24) is 14.6 Å². The zero-order valence-electron chi connectivity index (χ0n) is 14.6. The molecule has 5 nitrogen and oxygen atoms in total. The number of pyridine rings is 1. The summed E-state index contributed by atoms with van der Waals surface area (Å²) in [5, 5.41) is 3.46. The summed E-state index contributed by atoms with van der Waals surface area (Å²) in [4.78, 5) is 6.84. The van der Waals surface area contributed by atoms with Crippen molar-refractivity contribution >= 4 is 43.9 Å². The van der Waals surface area contributed by atoms with Gasteiger partial charge in [0.2, 0.25) is 10.0 Å². The fourth-order valence-corrected chi connectivity index (χ4v) is 6.00. The number of sulfonamides is 1. The van der Waals surface area contributed by atoms with Gasteiger partial charge in [-0.2, -0.15) is 0 Å². The van der Waals surface area contributed by atoms with Crippen LogP contribution < -0.4 is 4.72 Å². The Hall–Kier alpha value is -1.51. The van der Waals surface area contributed by atoms with Gasteiger partial charge < -0.3 is 0 Å². The lowest BCUT2D eigenvalue weighted by Crippen LogP contribution is -2.44. The van der Waals surface area contributed by atoms with Gasteiger partial charge in [-0.25, -0.2) is 13.1 Å². The van der Waals surface area contributed by atoms with Crippen LogP contribution in [0.2, 0.25) is 5.02 Å². The summed E-state index contributed by atoms with van der Waals surface area (Å²) in [5.74, 6) is 0. The van der Waals surface area contributed by atoms with Crippen molar-refractivity contribution in [1.29, 1.82) is 0 Å². The fraction of sp³-hybridized carbons (Fsp3) is 0.316. The number of fused-ring (bicyclic) bond motifs is 1. The number of benzene rings is 1. The minimum Gasteiger partial charge on any atom is -0.299 e. The highest BCUT2D eigenvalue weighted by molar-refractivity contribution is 7.91. The van der Waals surface area contributed by atoms with E-state index in [-0.39, 0.29) is 6.04 Å². The van der Waals surface area contributed by atoms with E-state index in [1.807, 2.05) is 24.3 Å². The first-order valence-electron chi connectivity index (χ1n) is 8.83. The number of hydrogen-bond donors (Lipinski definition) is 1. The van der Waals surface area contributed by atoms with Crippen LogP contribution in [-0.4, -0.2) is 37.4 Å². The molecule has 0 unspecified atom stereocenters. The standard InChI is InChI=1S/C19H20ClN3O2S2/c20-17-6-5-14(19-16(17)3-1-9-21-19)13-23-10-7-15(8-11-23)22-27(24,25)18-4-2-12-26-18/h1-6,9,12,15,22H,7-8,10-11,13H2. The Morgan fingerprint density at radius 3 is 2.74 bits per heavy atom. The van der Waals surface area contributed by atoms with Gasteiger partial charge >= 0.3 is 0 Å². The van der Waals surface area contributed by atoms with Gasteiger partial charge in [0.15, 0.2) is 0 Å². The average molecular weight is 422 g/mol. The van der Waals surface area contributed by atoms with Crippen LogP contribution in [0.5, 0.6) is 0 Å². The number of nitrogens with one attached hydrogen (secondary N) is 1. The lowest BCUT2D eigenvalue weighted by Gasteiger charge is -2.32. The van der Waals surface area contributed by atoms with Gasteiger partial charge in [-0.05, 0) is 48.1 Å². The molecule has 27 heavy (non-hydrogen) atoms. The van der Waals surface area contributed by atoms with E-state index >= 15 is 0 Å². The molecule has 1 aromatic carbocycles. The number of piperidine rings is 1. The first kappa shape index (κ1) is 18.8. The monoisotopic (exact) mass is 421 g/mol. The van der Waals surface area contributed by atoms with Crippen molar-refractivity contribution in [2.24, 2.45) is 0 Å². The zero-order valence-corrected chi connectivity index (χ0v) is 17.0. The van der Waals surface area contributed by atoms with E-state index in [2.05, 4.69) is 14.6 Å². The maximum Gasteiger partial charge on any atom is 0.250 e. The van der Waals surface area contributed by atoms with Crippen molar-refractivity contribution in [2.45, 2.75) is 29.6 Å². The van der Waals surface area contributed by atoms with Gasteiger partial charge in [0.25, 0.3) is 0 Å². The van der Waals surface area contributed by atoms with Crippen molar-refractivity contribution in [3.63, 3.8) is 0 Å². The number of halogens is 1. The lowest BCUT2D eigenvalue weighted by molar-refractivity contribution is 0.200. The summed E-state index contributed by atoms with van der Waals surface area (Å²) in [6.07, 6.45) is 3.38. The predicted molar refractivity (Wildman–Crippen MR) is 110 cm³/mol. The molecule has 8 heteroatoms. The van der Waals surface area contributed by atoms with Gasteiger partial charge in [-0.15, -0.1) is 11.3 Å². The molecule has 1 aliphatic rings. The Labute approximate surface area is 168 Å². The highest BCUT2D eigenvalue weighted by Crippen LogP contribution is 2.26. The van der Waals surface area contributed by atoms with Crippen molar-refractivity contribution < 1.29 is 8.42 Å². The fourth-order valence-electron chi connectivity index (χ4n) is 3.47. The molecular weight excluding hydrogens is 402 g/mol. The number of aromatic nitrogens is 1. The SMILES string of the molecule is O=S(=O)(NC1CCN(Cc2ccc(Cl)c3cccnc23)CC1)c1cccs1. The predicted octanol–water partition coefficient (Wildman–Crippen LogP) is 3.89. The molecule has 3 heterocycles. The molecule has 0 atom stereocenters. The Balaban J connectivity index is 1.40. The second-order valence-corrected chi connectivity index (χ2v) is 10.0. The van der Waals surface area contributed by atoms with Crippen LogP contribution in [0.4, 0.5) is 0 Å².